The maximum atomic E-state index is 12.2. The van der Waals surface area contributed by atoms with Crippen molar-refractivity contribution in [3.8, 4) is 23.0 Å². The minimum atomic E-state index is -0.110. The molecule has 0 aliphatic heterocycles. The Hall–Kier alpha value is -2.97. The number of furan rings is 1. The van der Waals surface area contributed by atoms with Crippen molar-refractivity contribution in [2.45, 2.75) is 4.90 Å². The van der Waals surface area contributed by atoms with E-state index in [-0.39, 0.29) is 5.91 Å². The molecule has 0 aliphatic carbocycles. The Kier molecular flexibility index (Phi) is 5.73. The quantitative estimate of drug-likeness (QED) is 0.404. The maximum absolute atomic E-state index is 12.2. The number of thiazole rings is 1. The summed E-state index contributed by atoms with van der Waals surface area (Å²) in [6.45, 7) is 0. The molecule has 4 aromatic rings. The van der Waals surface area contributed by atoms with Crippen molar-refractivity contribution in [1.29, 1.82) is 0 Å². The Morgan fingerprint density at radius 1 is 1.10 bits per heavy atom. The number of nitrogens with zero attached hydrogens (tertiary/aromatic N) is 1. The molecule has 29 heavy (non-hydrogen) atoms. The molecule has 0 unspecified atom stereocenters. The minimum absolute atomic E-state index is 0.110. The zero-order valence-electron chi connectivity index (χ0n) is 15.8. The molecule has 0 atom stereocenters. The Balaban J connectivity index is 1.39. The molecule has 0 bridgehead atoms. The van der Waals surface area contributed by atoms with Gasteiger partial charge in [0.25, 0.3) is 0 Å². The smallest absolute Gasteiger partial charge is 0.236 e. The molecule has 2 aromatic heterocycles. The van der Waals surface area contributed by atoms with Gasteiger partial charge >= 0.3 is 0 Å². The summed E-state index contributed by atoms with van der Waals surface area (Å²) in [6.07, 6.45) is 0. The van der Waals surface area contributed by atoms with Crippen LogP contribution in [0.5, 0.6) is 11.5 Å². The highest BCUT2D eigenvalue weighted by molar-refractivity contribution is 8.00. The molecule has 148 valence electrons. The highest BCUT2D eigenvalue weighted by Gasteiger charge is 2.13. The first-order chi connectivity index (χ1) is 14.1. The van der Waals surface area contributed by atoms with Gasteiger partial charge in [0.15, 0.2) is 10.9 Å². The van der Waals surface area contributed by atoms with E-state index in [2.05, 4.69) is 10.3 Å². The Bertz CT molecular complexity index is 1140. The fraction of sp³-hybridized carbons (Fsp3) is 0.143. The van der Waals surface area contributed by atoms with Crippen LogP contribution >= 0.6 is 23.1 Å². The van der Waals surface area contributed by atoms with Crippen molar-refractivity contribution in [2.75, 3.05) is 25.3 Å². The van der Waals surface area contributed by atoms with Crippen LogP contribution < -0.4 is 14.8 Å². The lowest BCUT2D eigenvalue weighted by molar-refractivity contribution is -0.113. The first kappa shape index (κ1) is 19.4. The lowest BCUT2D eigenvalue weighted by Gasteiger charge is -2.03. The van der Waals surface area contributed by atoms with Gasteiger partial charge in [-0.05, 0) is 48.5 Å². The van der Waals surface area contributed by atoms with E-state index >= 15 is 0 Å². The van der Waals surface area contributed by atoms with Crippen LogP contribution in [-0.2, 0) is 4.79 Å². The van der Waals surface area contributed by atoms with Gasteiger partial charge in [-0.25, -0.2) is 4.98 Å². The molecule has 2 heterocycles. The SMILES string of the molecule is COc1ccc(SCC(=O)Nc2nc(-c3cc4cc(OC)ccc4o3)cs2)cc1. The monoisotopic (exact) mass is 426 g/mol. The molecule has 2 aromatic carbocycles. The number of carbonyl (C=O) groups is 1. The number of amides is 1. The predicted octanol–water partition coefficient (Wildman–Crippen LogP) is 5.30. The molecule has 0 radical (unpaired) electrons. The Labute approximate surface area is 175 Å². The molecule has 8 heteroatoms. The van der Waals surface area contributed by atoms with Crippen molar-refractivity contribution in [3.63, 3.8) is 0 Å². The van der Waals surface area contributed by atoms with E-state index in [0.717, 1.165) is 27.4 Å². The Morgan fingerprint density at radius 3 is 2.62 bits per heavy atom. The summed E-state index contributed by atoms with van der Waals surface area (Å²) in [5.41, 5.74) is 1.44. The number of thioether (sulfide) groups is 1. The van der Waals surface area contributed by atoms with Gasteiger partial charge in [0.2, 0.25) is 5.91 Å². The van der Waals surface area contributed by atoms with Gasteiger partial charge in [0.05, 0.1) is 20.0 Å². The highest BCUT2D eigenvalue weighted by Crippen LogP contribution is 2.32. The fourth-order valence-electron chi connectivity index (χ4n) is 2.70. The van der Waals surface area contributed by atoms with E-state index in [0.29, 0.717) is 22.3 Å². The van der Waals surface area contributed by atoms with Gasteiger partial charge in [-0.15, -0.1) is 23.1 Å². The maximum Gasteiger partial charge on any atom is 0.236 e. The lowest BCUT2D eigenvalue weighted by Crippen LogP contribution is -2.13. The van der Waals surface area contributed by atoms with Gasteiger partial charge in [-0.3, -0.25) is 4.79 Å². The van der Waals surface area contributed by atoms with Crippen LogP contribution in [0.1, 0.15) is 0 Å². The summed E-state index contributed by atoms with van der Waals surface area (Å²) < 4.78 is 16.2. The number of hydrogen-bond acceptors (Lipinski definition) is 7. The van der Waals surface area contributed by atoms with Crippen LogP contribution in [0.2, 0.25) is 0 Å². The molecule has 0 saturated carbocycles. The van der Waals surface area contributed by atoms with Gasteiger partial charge < -0.3 is 19.2 Å². The Morgan fingerprint density at radius 2 is 1.86 bits per heavy atom. The molecular weight excluding hydrogens is 408 g/mol. The number of ether oxygens (including phenoxy) is 2. The third-order valence-corrected chi connectivity index (χ3v) is 5.93. The molecule has 1 amide bonds. The number of nitrogens with one attached hydrogen (secondary N) is 1. The third-order valence-electron chi connectivity index (χ3n) is 4.16. The molecular formula is C21H18N2O4S2. The van der Waals surface area contributed by atoms with Gasteiger partial charge in [-0.2, -0.15) is 0 Å². The van der Waals surface area contributed by atoms with E-state index in [1.165, 1.54) is 23.1 Å². The number of rotatable bonds is 7. The average molecular weight is 427 g/mol. The summed E-state index contributed by atoms with van der Waals surface area (Å²) in [5, 5.41) is 6.18. The van der Waals surface area contributed by atoms with Crippen molar-refractivity contribution in [3.05, 3.63) is 53.9 Å². The van der Waals surface area contributed by atoms with Crippen molar-refractivity contribution >= 4 is 45.1 Å². The van der Waals surface area contributed by atoms with Crippen LogP contribution in [-0.4, -0.2) is 30.9 Å². The number of hydrogen-bond donors (Lipinski definition) is 1. The van der Waals surface area contributed by atoms with E-state index < -0.39 is 0 Å². The van der Waals surface area contributed by atoms with Gasteiger partial charge in [0.1, 0.15) is 22.8 Å². The standard InChI is InChI=1S/C21H18N2O4S2/c1-25-14-3-6-16(7-4-14)28-12-20(24)23-21-22-17(11-29-21)19-10-13-9-15(26-2)5-8-18(13)27-19/h3-11H,12H2,1-2H3,(H,22,23,24). The molecule has 0 fully saturated rings. The average Bonchev–Trinajstić information content (AvgIpc) is 3.38. The molecule has 0 aliphatic rings. The topological polar surface area (TPSA) is 73.6 Å². The largest absolute Gasteiger partial charge is 0.497 e. The second kappa shape index (κ2) is 8.59. The summed E-state index contributed by atoms with van der Waals surface area (Å²) in [5.74, 6) is 2.40. The number of carbonyl (C=O) groups excluding carboxylic acids is 1. The fourth-order valence-corrected chi connectivity index (χ4v) is 4.11. The molecule has 1 N–H and O–H groups in total. The van der Waals surface area contributed by atoms with E-state index in [9.17, 15) is 4.79 Å². The summed E-state index contributed by atoms with van der Waals surface area (Å²) >= 11 is 2.82. The number of aromatic nitrogens is 1. The summed E-state index contributed by atoms with van der Waals surface area (Å²) in [6, 6.07) is 15.1. The van der Waals surface area contributed by atoms with Crippen molar-refractivity contribution < 1.29 is 18.7 Å². The molecule has 0 spiro atoms. The highest BCUT2D eigenvalue weighted by atomic mass is 32.2. The zero-order valence-corrected chi connectivity index (χ0v) is 17.4. The van der Waals surface area contributed by atoms with Crippen molar-refractivity contribution in [1.82, 2.24) is 4.98 Å². The number of methoxy groups -OCH3 is 2. The first-order valence-corrected chi connectivity index (χ1v) is 10.6. The van der Waals surface area contributed by atoms with Crippen LogP contribution in [0.4, 0.5) is 5.13 Å². The second-order valence-corrected chi connectivity index (χ2v) is 7.97. The molecule has 0 saturated heterocycles. The normalized spacial score (nSPS) is 10.8. The number of fused-ring (bicyclic) bond motifs is 1. The third kappa shape index (κ3) is 4.55. The molecule has 4 rings (SSSR count). The van der Waals surface area contributed by atoms with Gasteiger partial charge in [-0.1, -0.05) is 0 Å². The predicted molar refractivity (Wildman–Crippen MR) is 116 cm³/mol. The molecule has 6 nitrogen and oxygen atoms in total. The number of benzene rings is 2. The second-order valence-electron chi connectivity index (χ2n) is 6.06. The summed E-state index contributed by atoms with van der Waals surface area (Å²) in [4.78, 5) is 17.7. The van der Waals surface area contributed by atoms with Crippen LogP contribution in [0.3, 0.4) is 0 Å². The van der Waals surface area contributed by atoms with Crippen LogP contribution in [0.25, 0.3) is 22.4 Å². The minimum Gasteiger partial charge on any atom is -0.497 e. The zero-order chi connectivity index (χ0) is 20.2. The van der Waals surface area contributed by atoms with Crippen LogP contribution in [0, 0.1) is 0 Å². The van der Waals surface area contributed by atoms with Crippen molar-refractivity contribution in [2.24, 2.45) is 0 Å². The van der Waals surface area contributed by atoms with Gasteiger partial charge in [0, 0.05) is 15.7 Å². The lowest BCUT2D eigenvalue weighted by atomic mass is 10.2. The summed E-state index contributed by atoms with van der Waals surface area (Å²) in [7, 11) is 3.25. The van der Waals surface area contributed by atoms with Crippen LogP contribution in [0.15, 0.2) is 63.2 Å². The van der Waals surface area contributed by atoms with E-state index in [1.807, 2.05) is 53.9 Å². The number of anilines is 1. The first-order valence-electron chi connectivity index (χ1n) is 8.75. The van der Waals surface area contributed by atoms with E-state index in [1.54, 1.807) is 14.2 Å². The van der Waals surface area contributed by atoms with E-state index in [4.69, 9.17) is 13.9 Å².